The molecule has 0 spiro atoms. The predicted octanol–water partition coefficient (Wildman–Crippen LogP) is 3.93. The molecule has 6 heteroatoms. The normalized spacial score (nSPS) is 17.2. The van der Waals surface area contributed by atoms with E-state index in [1.54, 1.807) is 17.4 Å². The molecule has 1 aromatic carbocycles. The van der Waals surface area contributed by atoms with Crippen LogP contribution >= 0.6 is 23.7 Å². The van der Waals surface area contributed by atoms with Crippen LogP contribution in [0.3, 0.4) is 0 Å². The van der Waals surface area contributed by atoms with Crippen LogP contribution in [0.5, 0.6) is 0 Å². The predicted molar refractivity (Wildman–Crippen MR) is 100 cm³/mol. The molecule has 1 aromatic heterocycles. The van der Waals surface area contributed by atoms with E-state index in [0.717, 1.165) is 44.0 Å². The van der Waals surface area contributed by atoms with Crippen molar-refractivity contribution in [2.75, 3.05) is 19.6 Å². The van der Waals surface area contributed by atoms with Crippen LogP contribution < -0.4 is 5.32 Å². The van der Waals surface area contributed by atoms with Gasteiger partial charge in [-0.05, 0) is 56.5 Å². The summed E-state index contributed by atoms with van der Waals surface area (Å²) in [6.07, 6.45) is 1.22. The van der Waals surface area contributed by atoms with Crippen molar-refractivity contribution >= 4 is 23.7 Å². The lowest BCUT2D eigenvalue weighted by Gasteiger charge is -2.25. The van der Waals surface area contributed by atoms with E-state index in [4.69, 9.17) is 0 Å². The van der Waals surface area contributed by atoms with Gasteiger partial charge in [0.15, 0.2) is 0 Å². The molecule has 0 bridgehead atoms. The van der Waals surface area contributed by atoms with Crippen LogP contribution in [0.2, 0.25) is 0 Å². The summed E-state index contributed by atoms with van der Waals surface area (Å²) in [5.74, 6) is 0.567. The maximum absolute atomic E-state index is 13.8. The van der Waals surface area contributed by atoms with E-state index in [1.165, 1.54) is 11.3 Å². The first-order valence-electron chi connectivity index (χ1n) is 8.19. The molecule has 0 saturated carbocycles. The van der Waals surface area contributed by atoms with Crippen molar-refractivity contribution in [3.8, 4) is 0 Å². The zero-order valence-electron chi connectivity index (χ0n) is 14.2. The Hall–Kier alpha value is -1.01. The molecule has 1 unspecified atom stereocenters. The maximum atomic E-state index is 13.8. The third-order valence-corrected chi connectivity index (χ3v) is 5.45. The fourth-order valence-corrected chi connectivity index (χ4v) is 3.91. The molecule has 2 aromatic rings. The van der Waals surface area contributed by atoms with E-state index < -0.39 is 0 Å². The molecule has 1 aliphatic rings. The summed E-state index contributed by atoms with van der Waals surface area (Å²) in [6, 6.07) is 5.59. The van der Waals surface area contributed by atoms with Crippen LogP contribution in [0.4, 0.5) is 4.39 Å². The lowest BCUT2D eigenvalue weighted by Crippen LogP contribution is -2.30. The monoisotopic (exact) mass is 369 g/mol. The molecule has 3 rings (SSSR count). The number of hydrogen-bond acceptors (Lipinski definition) is 4. The number of benzene rings is 1. The third-order valence-electron chi connectivity index (χ3n) is 4.53. The van der Waals surface area contributed by atoms with E-state index in [9.17, 15) is 4.39 Å². The van der Waals surface area contributed by atoms with E-state index in [-0.39, 0.29) is 18.2 Å². The molecular weight excluding hydrogens is 345 g/mol. The Morgan fingerprint density at radius 3 is 2.79 bits per heavy atom. The second-order valence-electron chi connectivity index (χ2n) is 6.47. The van der Waals surface area contributed by atoms with E-state index in [0.29, 0.717) is 11.5 Å². The second-order valence-corrected chi connectivity index (χ2v) is 7.41. The Balaban J connectivity index is 0.00000208. The van der Waals surface area contributed by atoms with Crippen molar-refractivity contribution < 1.29 is 4.39 Å². The first-order valence-corrected chi connectivity index (χ1v) is 9.07. The number of aryl methyl sites for hydroxylation is 2. The molecule has 1 saturated heterocycles. The molecule has 0 aliphatic carbocycles. The van der Waals surface area contributed by atoms with Crippen LogP contribution in [0.15, 0.2) is 23.7 Å². The summed E-state index contributed by atoms with van der Waals surface area (Å²) < 4.78 is 13.8. The summed E-state index contributed by atoms with van der Waals surface area (Å²) in [7, 11) is 0. The van der Waals surface area contributed by atoms with Crippen LogP contribution in [0, 0.1) is 25.6 Å². The summed E-state index contributed by atoms with van der Waals surface area (Å²) in [6.45, 7) is 8.78. The van der Waals surface area contributed by atoms with Gasteiger partial charge in [0, 0.05) is 24.5 Å². The second kappa shape index (κ2) is 8.90. The van der Waals surface area contributed by atoms with E-state index in [2.05, 4.69) is 22.1 Å². The summed E-state index contributed by atoms with van der Waals surface area (Å²) in [4.78, 5) is 8.10. The Kier molecular flexibility index (Phi) is 7.16. The quantitative estimate of drug-likeness (QED) is 0.836. The van der Waals surface area contributed by atoms with Crippen LogP contribution in [-0.4, -0.2) is 29.5 Å². The van der Waals surface area contributed by atoms with Gasteiger partial charge in [0.2, 0.25) is 0 Å². The lowest BCUT2D eigenvalue weighted by atomic mass is 10.1. The minimum absolute atomic E-state index is 0. The molecule has 1 N–H and O–H groups in total. The van der Waals surface area contributed by atoms with Gasteiger partial charge in [-0.2, -0.15) is 0 Å². The maximum Gasteiger partial charge on any atom is 0.126 e. The SMILES string of the molecule is Cc1ccc(CN(Cc2scnc2C)CC2CCNC2)cc1F.Cl. The number of thiazole rings is 1. The van der Waals surface area contributed by atoms with Crippen molar-refractivity contribution in [3.05, 3.63) is 51.2 Å². The highest BCUT2D eigenvalue weighted by Crippen LogP contribution is 2.20. The van der Waals surface area contributed by atoms with E-state index in [1.807, 2.05) is 24.6 Å². The number of aromatic nitrogens is 1. The summed E-state index contributed by atoms with van der Waals surface area (Å²) >= 11 is 1.71. The highest BCUT2D eigenvalue weighted by molar-refractivity contribution is 7.09. The first kappa shape index (κ1) is 19.3. The first-order chi connectivity index (χ1) is 11.1. The average Bonchev–Trinajstić information content (AvgIpc) is 3.16. The van der Waals surface area contributed by atoms with E-state index >= 15 is 0 Å². The molecule has 1 atom stereocenters. The summed E-state index contributed by atoms with van der Waals surface area (Å²) in [5.41, 5.74) is 4.77. The third kappa shape index (κ3) is 4.99. The number of rotatable bonds is 6. The largest absolute Gasteiger partial charge is 0.316 e. The van der Waals surface area contributed by atoms with Gasteiger partial charge < -0.3 is 5.32 Å². The fraction of sp³-hybridized carbons (Fsp3) is 0.500. The Morgan fingerprint density at radius 2 is 2.17 bits per heavy atom. The van der Waals surface area contributed by atoms with Gasteiger partial charge in [-0.3, -0.25) is 4.90 Å². The molecule has 1 fully saturated rings. The van der Waals surface area contributed by atoms with Crippen LogP contribution in [0.1, 0.15) is 28.1 Å². The number of nitrogens with one attached hydrogen (secondary N) is 1. The van der Waals surface area contributed by atoms with Gasteiger partial charge in [-0.25, -0.2) is 9.37 Å². The van der Waals surface area contributed by atoms with Crippen molar-refractivity contribution in [3.63, 3.8) is 0 Å². The molecule has 24 heavy (non-hydrogen) atoms. The van der Waals surface area contributed by atoms with Crippen molar-refractivity contribution in [1.29, 1.82) is 0 Å². The van der Waals surface area contributed by atoms with Crippen LogP contribution in [0.25, 0.3) is 0 Å². The molecule has 132 valence electrons. The Bertz CT molecular complexity index is 655. The van der Waals surface area contributed by atoms with Gasteiger partial charge in [0.25, 0.3) is 0 Å². The molecule has 2 heterocycles. The average molecular weight is 370 g/mol. The van der Waals surface area contributed by atoms with Crippen molar-refractivity contribution in [1.82, 2.24) is 15.2 Å². The highest BCUT2D eigenvalue weighted by atomic mass is 35.5. The standard InChI is InChI=1S/C18H24FN3S.ClH/c1-13-3-4-15(7-17(13)19)9-22(10-16-5-6-20-8-16)11-18-14(2)21-12-23-18;/h3-4,7,12,16,20H,5-6,8-11H2,1-2H3;1H. The molecular formula is C18H25ClFN3S. The zero-order valence-corrected chi connectivity index (χ0v) is 15.9. The lowest BCUT2D eigenvalue weighted by molar-refractivity contribution is 0.222. The van der Waals surface area contributed by atoms with Gasteiger partial charge in [0.1, 0.15) is 5.82 Å². The van der Waals surface area contributed by atoms with Gasteiger partial charge >= 0.3 is 0 Å². The summed E-state index contributed by atoms with van der Waals surface area (Å²) in [5, 5.41) is 3.43. The van der Waals surface area contributed by atoms with Crippen molar-refractivity contribution in [2.24, 2.45) is 5.92 Å². The number of nitrogens with zero attached hydrogens (tertiary/aromatic N) is 2. The number of hydrogen-bond donors (Lipinski definition) is 1. The molecule has 3 nitrogen and oxygen atoms in total. The molecule has 0 radical (unpaired) electrons. The van der Waals surface area contributed by atoms with Crippen molar-refractivity contribution in [2.45, 2.75) is 33.4 Å². The Labute approximate surface area is 153 Å². The van der Waals surface area contributed by atoms with Gasteiger partial charge in [-0.15, -0.1) is 23.7 Å². The molecule has 1 aliphatic heterocycles. The molecule has 0 amide bonds. The van der Waals surface area contributed by atoms with Gasteiger partial charge in [0.05, 0.1) is 11.2 Å². The smallest absolute Gasteiger partial charge is 0.126 e. The highest BCUT2D eigenvalue weighted by Gasteiger charge is 2.20. The minimum atomic E-state index is -0.112. The topological polar surface area (TPSA) is 28.2 Å². The number of halogens is 2. The van der Waals surface area contributed by atoms with Crippen LogP contribution in [-0.2, 0) is 13.1 Å². The fourth-order valence-electron chi connectivity index (χ4n) is 3.09. The zero-order chi connectivity index (χ0) is 16.2. The Morgan fingerprint density at radius 1 is 1.33 bits per heavy atom. The minimum Gasteiger partial charge on any atom is -0.316 e. The van der Waals surface area contributed by atoms with Gasteiger partial charge in [-0.1, -0.05) is 12.1 Å².